The zero-order valence-electron chi connectivity index (χ0n) is 24.0. The monoisotopic (exact) mass is 512 g/mol. The van der Waals surface area contributed by atoms with Gasteiger partial charge in [0.05, 0.1) is 0 Å². The van der Waals surface area contributed by atoms with Gasteiger partial charge in [0, 0.05) is 25.9 Å². The van der Waals surface area contributed by atoms with Crippen molar-refractivity contribution in [3.63, 3.8) is 0 Å². The molecule has 3 aromatic carbocycles. The molecule has 0 aliphatic rings. The highest BCUT2D eigenvalue weighted by atomic mass is 16.2. The number of benzene rings is 3. The highest BCUT2D eigenvalue weighted by Crippen LogP contribution is 2.23. The summed E-state index contributed by atoms with van der Waals surface area (Å²) in [6, 6.07) is 26.0. The van der Waals surface area contributed by atoms with Crippen LogP contribution in [0.1, 0.15) is 68.9 Å². The molecular weight excluding hydrogens is 468 g/mol. The summed E-state index contributed by atoms with van der Waals surface area (Å²) in [6.45, 7) is 13.8. The van der Waals surface area contributed by atoms with Crippen molar-refractivity contribution in [3.05, 3.63) is 107 Å². The summed E-state index contributed by atoms with van der Waals surface area (Å²) in [5.74, 6) is 0.223. The van der Waals surface area contributed by atoms with Gasteiger partial charge in [-0.15, -0.1) is 0 Å². The first-order chi connectivity index (χ1) is 18.0. The fourth-order valence-electron chi connectivity index (χ4n) is 4.51. The molecular formula is C34H44N2O2. The number of nitrogens with zero attached hydrogens (tertiary/aromatic N) is 1. The number of amides is 2. The largest absolute Gasteiger partial charge is 0.354 e. The molecule has 1 N–H and O–H groups in total. The molecule has 0 heterocycles. The van der Waals surface area contributed by atoms with Crippen LogP contribution in [0, 0.1) is 12.8 Å². The Bertz CT molecular complexity index is 1180. The summed E-state index contributed by atoms with van der Waals surface area (Å²) in [6.07, 6.45) is 1.46. The summed E-state index contributed by atoms with van der Waals surface area (Å²) in [4.78, 5) is 29.3. The Morgan fingerprint density at radius 3 is 2.08 bits per heavy atom. The molecule has 0 aliphatic carbocycles. The molecule has 4 nitrogen and oxygen atoms in total. The van der Waals surface area contributed by atoms with Crippen LogP contribution in [-0.4, -0.2) is 29.3 Å². The van der Waals surface area contributed by atoms with Crippen LogP contribution in [0.2, 0.25) is 0 Å². The van der Waals surface area contributed by atoms with Crippen LogP contribution in [0.4, 0.5) is 0 Å². The highest BCUT2D eigenvalue weighted by molar-refractivity contribution is 5.88. The first-order valence-corrected chi connectivity index (χ1v) is 13.8. The van der Waals surface area contributed by atoms with Gasteiger partial charge in [0.15, 0.2) is 0 Å². The second-order valence-electron chi connectivity index (χ2n) is 11.7. The maximum Gasteiger partial charge on any atom is 0.243 e. The minimum atomic E-state index is -0.591. The molecule has 0 spiro atoms. The van der Waals surface area contributed by atoms with Gasteiger partial charge in [-0.1, -0.05) is 113 Å². The number of nitrogens with one attached hydrogen (secondary N) is 1. The fourth-order valence-corrected chi connectivity index (χ4v) is 4.51. The van der Waals surface area contributed by atoms with Crippen LogP contribution in [0.25, 0.3) is 0 Å². The maximum atomic E-state index is 13.9. The number of carbonyl (C=O) groups excluding carboxylic acids is 2. The van der Waals surface area contributed by atoms with Crippen molar-refractivity contribution >= 4 is 11.8 Å². The third-order valence-electron chi connectivity index (χ3n) is 7.01. The Balaban J connectivity index is 1.88. The molecule has 3 rings (SSSR count). The van der Waals surface area contributed by atoms with E-state index in [1.807, 2.05) is 48.5 Å². The normalized spacial score (nSPS) is 12.3. The second-order valence-corrected chi connectivity index (χ2v) is 11.7. The molecule has 202 valence electrons. The SMILES string of the molecule is Cc1ccccc1CN(C(=O)CCc1ccc(C(C)(C)C)cc1)[C@H](Cc1ccccc1)C(=O)NCC(C)C. The molecule has 1 atom stereocenters. The Morgan fingerprint density at radius 1 is 0.842 bits per heavy atom. The molecule has 0 saturated heterocycles. The van der Waals surface area contributed by atoms with Crippen molar-refractivity contribution in [2.45, 2.75) is 78.8 Å². The van der Waals surface area contributed by atoms with Crippen LogP contribution >= 0.6 is 0 Å². The lowest BCUT2D eigenvalue weighted by molar-refractivity contribution is -0.141. The van der Waals surface area contributed by atoms with Crippen molar-refractivity contribution in [2.75, 3.05) is 6.54 Å². The molecule has 3 aromatic rings. The van der Waals surface area contributed by atoms with Gasteiger partial charge in [-0.3, -0.25) is 9.59 Å². The van der Waals surface area contributed by atoms with Gasteiger partial charge in [-0.05, 0) is 52.5 Å². The fraction of sp³-hybridized carbons (Fsp3) is 0.412. The van der Waals surface area contributed by atoms with Crippen molar-refractivity contribution in [1.29, 1.82) is 0 Å². The average molecular weight is 513 g/mol. The van der Waals surface area contributed by atoms with E-state index in [2.05, 4.69) is 77.2 Å². The van der Waals surface area contributed by atoms with E-state index < -0.39 is 6.04 Å². The molecule has 0 aliphatic heterocycles. The van der Waals surface area contributed by atoms with E-state index in [0.29, 0.717) is 38.3 Å². The minimum absolute atomic E-state index is 0.00576. The Hall–Kier alpha value is -3.40. The Morgan fingerprint density at radius 2 is 1.47 bits per heavy atom. The van der Waals surface area contributed by atoms with Gasteiger partial charge < -0.3 is 10.2 Å². The van der Waals surface area contributed by atoms with Gasteiger partial charge in [0.25, 0.3) is 0 Å². The van der Waals surface area contributed by atoms with E-state index in [1.54, 1.807) is 4.90 Å². The number of aryl methyl sites for hydroxylation is 2. The van der Waals surface area contributed by atoms with E-state index >= 15 is 0 Å². The first-order valence-electron chi connectivity index (χ1n) is 13.8. The van der Waals surface area contributed by atoms with Crippen LogP contribution in [-0.2, 0) is 34.4 Å². The predicted octanol–water partition coefficient (Wildman–Crippen LogP) is 6.64. The average Bonchev–Trinajstić information content (AvgIpc) is 2.89. The van der Waals surface area contributed by atoms with E-state index in [0.717, 1.165) is 22.3 Å². The molecule has 0 aromatic heterocycles. The van der Waals surface area contributed by atoms with Gasteiger partial charge in [0.1, 0.15) is 6.04 Å². The van der Waals surface area contributed by atoms with Crippen LogP contribution in [0.5, 0.6) is 0 Å². The molecule has 4 heteroatoms. The lowest BCUT2D eigenvalue weighted by atomic mass is 9.86. The van der Waals surface area contributed by atoms with E-state index in [-0.39, 0.29) is 17.2 Å². The van der Waals surface area contributed by atoms with Gasteiger partial charge in [-0.2, -0.15) is 0 Å². The van der Waals surface area contributed by atoms with Crippen LogP contribution in [0.3, 0.4) is 0 Å². The van der Waals surface area contributed by atoms with Gasteiger partial charge in [0.2, 0.25) is 11.8 Å². The minimum Gasteiger partial charge on any atom is -0.354 e. The predicted molar refractivity (Wildman–Crippen MR) is 157 cm³/mol. The van der Waals surface area contributed by atoms with Crippen molar-refractivity contribution in [2.24, 2.45) is 5.92 Å². The number of rotatable bonds is 11. The van der Waals surface area contributed by atoms with Crippen molar-refractivity contribution in [1.82, 2.24) is 10.2 Å². The van der Waals surface area contributed by atoms with E-state index in [9.17, 15) is 9.59 Å². The number of carbonyl (C=O) groups is 2. The summed E-state index contributed by atoms with van der Waals surface area (Å²) in [5.41, 5.74) is 5.71. The molecule has 0 radical (unpaired) electrons. The molecule has 0 saturated carbocycles. The van der Waals surface area contributed by atoms with Crippen LogP contribution in [0.15, 0.2) is 78.9 Å². The molecule has 2 amide bonds. The first kappa shape index (κ1) is 29.2. The third-order valence-corrected chi connectivity index (χ3v) is 7.01. The quantitative estimate of drug-likeness (QED) is 0.313. The summed E-state index contributed by atoms with van der Waals surface area (Å²) in [5, 5.41) is 3.10. The molecule has 0 bridgehead atoms. The van der Waals surface area contributed by atoms with Crippen LogP contribution < -0.4 is 5.32 Å². The summed E-state index contributed by atoms with van der Waals surface area (Å²) >= 11 is 0. The molecule has 0 fully saturated rings. The van der Waals surface area contributed by atoms with E-state index in [4.69, 9.17) is 0 Å². The zero-order chi connectivity index (χ0) is 27.7. The Kier molecular flexibility index (Phi) is 10.3. The molecule has 0 unspecified atom stereocenters. The van der Waals surface area contributed by atoms with Crippen molar-refractivity contribution < 1.29 is 9.59 Å². The number of hydrogen-bond donors (Lipinski definition) is 1. The lowest BCUT2D eigenvalue weighted by Crippen LogP contribution is -2.51. The maximum absolute atomic E-state index is 13.9. The smallest absolute Gasteiger partial charge is 0.243 e. The summed E-state index contributed by atoms with van der Waals surface area (Å²) in [7, 11) is 0. The van der Waals surface area contributed by atoms with Gasteiger partial charge >= 0.3 is 0 Å². The standard InChI is InChI=1S/C34H44N2O2/c1-25(2)23-35-33(38)31(22-28-13-8-7-9-14-28)36(24-29-15-11-10-12-26(29)3)32(37)21-18-27-16-19-30(20-17-27)34(4,5)6/h7-17,19-20,25,31H,18,21-24H2,1-6H3,(H,35,38)/t31-/m1/s1. The third kappa shape index (κ3) is 8.58. The highest BCUT2D eigenvalue weighted by Gasteiger charge is 2.30. The molecule has 38 heavy (non-hydrogen) atoms. The second kappa shape index (κ2) is 13.4. The summed E-state index contributed by atoms with van der Waals surface area (Å²) < 4.78 is 0. The zero-order valence-corrected chi connectivity index (χ0v) is 24.0. The van der Waals surface area contributed by atoms with E-state index in [1.165, 1.54) is 5.56 Å². The van der Waals surface area contributed by atoms with Crippen molar-refractivity contribution in [3.8, 4) is 0 Å². The Labute approximate surface area is 229 Å². The van der Waals surface area contributed by atoms with Gasteiger partial charge in [-0.25, -0.2) is 0 Å². The lowest BCUT2D eigenvalue weighted by Gasteiger charge is -2.32. The number of hydrogen-bond acceptors (Lipinski definition) is 2. The topological polar surface area (TPSA) is 49.4 Å².